The van der Waals surface area contributed by atoms with Gasteiger partial charge < -0.3 is 33.8 Å². The lowest BCUT2D eigenvalue weighted by molar-refractivity contribution is -0.161. The van der Waals surface area contributed by atoms with Gasteiger partial charge in [-0.05, 0) is 103 Å². The van der Waals surface area contributed by atoms with Crippen molar-refractivity contribution in [3.05, 3.63) is 48.6 Å². The molecule has 0 bridgehead atoms. The SMILES string of the molecule is CCCCCC/C=C\C=C/CCCCCCCC(=O)O[C@H](COC(=O)CCCCCCC/C=C\CCCCCC)COP(=O)(O)OC[C@@H](O)COP(=O)(O)OC[C@@H](COC(=O)CCCCCCC/C=C\CCCCCCCC)OC(=O)CCCCCCCCCCCCCCC. The topological polar surface area (TPSA) is 237 Å². The highest BCUT2D eigenvalue weighted by molar-refractivity contribution is 7.47. The summed E-state index contributed by atoms with van der Waals surface area (Å²) in [7, 11) is -9.94. The molecular formula is C77H142O17P2. The van der Waals surface area contributed by atoms with Crippen molar-refractivity contribution in [1.29, 1.82) is 0 Å². The predicted octanol–water partition coefficient (Wildman–Crippen LogP) is 22.1. The van der Waals surface area contributed by atoms with Gasteiger partial charge in [0, 0.05) is 25.7 Å². The lowest BCUT2D eigenvalue weighted by Gasteiger charge is -2.21. The van der Waals surface area contributed by atoms with Crippen LogP contribution in [0.4, 0.5) is 0 Å². The molecule has 96 heavy (non-hydrogen) atoms. The third-order valence-corrected chi connectivity index (χ3v) is 18.7. The Hall–Kier alpha value is -2.98. The Bertz CT molecular complexity index is 2010. The summed E-state index contributed by atoms with van der Waals surface area (Å²) in [5, 5.41) is 10.6. The lowest BCUT2D eigenvalue weighted by Crippen LogP contribution is -2.30. The summed E-state index contributed by atoms with van der Waals surface area (Å²) >= 11 is 0. The highest BCUT2D eigenvalue weighted by Gasteiger charge is 2.30. The second kappa shape index (κ2) is 70.5. The first-order chi connectivity index (χ1) is 46.7. The van der Waals surface area contributed by atoms with Gasteiger partial charge in [0.05, 0.1) is 26.4 Å². The van der Waals surface area contributed by atoms with E-state index in [1.807, 2.05) is 0 Å². The molecule has 0 rings (SSSR count). The average Bonchev–Trinajstić information content (AvgIpc) is 1.29. The zero-order valence-electron chi connectivity index (χ0n) is 61.3. The molecule has 0 spiro atoms. The molecule has 0 amide bonds. The molecule has 3 N–H and O–H groups in total. The van der Waals surface area contributed by atoms with E-state index in [-0.39, 0.29) is 25.7 Å². The van der Waals surface area contributed by atoms with Crippen LogP contribution in [0.5, 0.6) is 0 Å². The third-order valence-electron chi connectivity index (χ3n) is 16.8. The van der Waals surface area contributed by atoms with E-state index in [9.17, 15) is 43.2 Å². The van der Waals surface area contributed by atoms with Crippen LogP contribution in [0.15, 0.2) is 48.6 Å². The van der Waals surface area contributed by atoms with Crippen molar-refractivity contribution in [1.82, 2.24) is 0 Å². The normalized spacial score (nSPS) is 14.2. The number of unbranched alkanes of at least 4 members (excludes halogenated alkanes) is 41. The third kappa shape index (κ3) is 69.5. The highest BCUT2D eigenvalue weighted by atomic mass is 31.2. The molecule has 0 aliphatic heterocycles. The quantitative estimate of drug-likeness (QED) is 0.0128. The first kappa shape index (κ1) is 93.0. The van der Waals surface area contributed by atoms with Crippen molar-refractivity contribution in [2.75, 3.05) is 39.6 Å². The van der Waals surface area contributed by atoms with Crippen molar-refractivity contribution in [2.24, 2.45) is 0 Å². The van der Waals surface area contributed by atoms with Crippen molar-refractivity contribution < 1.29 is 80.2 Å². The molecule has 0 aromatic heterocycles. The Morgan fingerprint density at radius 3 is 0.792 bits per heavy atom. The summed E-state index contributed by atoms with van der Waals surface area (Å²) in [6.45, 7) is 4.86. The van der Waals surface area contributed by atoms with Gasteiger partial charge in [-0.15, -0.1) is 0 Å². The monoisotopic (exact) mass is 1400 g/mol. The maximum Gasteiger partial charge on any atom is 0.472 e. The van der Waals surface area contributed by atoms with Crippen molar-refractivity contribution in [3.63, 3.8) is 0 Å². The summed E-state index contributed by atoms with van der Waals surface area (Å²) in [5.41, 5.74) is 0. The predicted molar refractivity (Wildman–Crippen MR) is 390 cm³/mol. The van der Waals surface area contributed by atoms with Crippen LogP contribution >= 0.6 is 15.6 Å². The van der Waals surface area contributed by atoms with E-state index >= 15 is 0 Å². The van der Waals surface area contributed by atoms with Crippen LogP contribution in [-0.4, -0.2) is 96.7 Å². The molecule has 2 unspecified atom stereocenters. The Kier molecular flexibility index (Phi) is 68.3. The van der Waals surface area contributed by atoms with E-state index in [4.69, 9.17) is 37.0 Å². The fourth-order valence-corrected chi connectivity index (χ4v) is 12.4. The number of esters is 4. The van der Waals surface area contributed by atoms with Gasteiger partial charge in [-0.2, -0.15) is 0 Å². The summed E-state index contributed by atoms with van der Waals surface area (Å²) < 4.78 is 68.5. The maximum absolute atomic E-state index is 13.1. The molecule has 0 aliphatic rings. The molecule has 0 saturated heterocycles. The summed E-state index contributed by atoms with van der Waals surface area (Å²) in [5.74, 6) is -2.18. The molecule has 0 aromatic carbocycles. The second-order valence-corrected chi connectivity index (χ2v) is 29.2. The number of rotatable bonds is 74. The van der Waals surface area contributed by atoms with Crippen molar-refractivity contribution in [2.45, 2.75) is 380 Å². The first-order valence-electron chi connectivity index (χ1n) is 38.9. The molecule has 0 aromatic rings. The van der Waals surface area contributed by atoms with E-state index in [0.717, 1.165) is 141 Å². The number of phosphoric ester groups is 2. The van der Waals surface area contributed by atoms with Crippen LogP contribution in [0.2, 0.25) is 0 Å². The first-order valence-corrected chi connectivity index (χ1v) is 41.9. The fraction of sp³-hybridized carbons (Fsp3) is 0.844. The summed E-state index contributed by atoms with van der Waals surface area (Å²) in [4.78, 5) is 72.8. The van der Waals surface area contributed by atoms with Gasteiger partial charge in [-0.3, -0.25) is 37.3 Å². The fourth-order valence-electron chi connectivity index (χ4n) is 10.8. The standard InChI is InChI=1S/C77H142O17P2/c1-5-9-13-17-21-25-29-33-35-39-42-46-50-54-58-62-75(80)88-68-72(93-76(81)63-59-55-51-47-43-38-32-28-24-20-16-12-8-4)69-91-95(83,84)89-65-71(78)66-90-96(85,86)92-70-73(67-87-74(79)61-57-53-49-45-41-37-31-27-23-19-15-11-7-3)94-77(82)64-60-56-52-48-44-40-36-34-30-26-22-18-14-10-6-2/h26-27,30-31,33-36,71-73,78H,5-25,28-29,32,37-70H2,1-4H3,(H,83,84)(H,85,86)/b30-26-,31-27-,35-33-,36-34-/t71-,72+,73+/m0/s1. The van der Waals surface area contributed by atoms with Crippen LogP contribution in [0, 0.1) is 0 Å². The number of hydrogen-bond acceptors (Lipinski definition) is 15. The van der Waals surface area contributed by atoms with Gasteiger partial charge in [-0.1, -0.05) is 282 Å². The van der Waals surface area contributed by atoms with E-state index in [0.29, 0.717) is 25.7 Å². The van der Waals surface area contributed by atoms with Crippen LogP contribution in [0.25, 0.3) is 0 Å². The largest absolute Gasteiger partial charge is 0.472 e. The van der Waals surface area contributed by atoms with E-state index in [2.05, 4.69) is 76.3 Å². The summed E-state index contributed by atoms with van der Waals surface area (Å²) in [6.07, 6.45) is 66.6. The Labute approximate surface area is 585 Å². The molecule has 562 valence electrons. The molecule has 19 heteroatoms. The number of allylic oxidation sites excluding steroid dienone is 8. The number of hydrogen-bond donors (Lipinski definition) is 3. The number of carbonyl (C=O) groups excluding carboxylic acids is 4. The molecule has 0 aliphatic carbocycles. The molecule has 0 heterocycles. The zero-order chi connectivity index (χ0) is 70.4. The molecule has 0 radical (unpaired) electrons. The van der Waals surface area contributed by atoms with Crippen LogP contribution in [-0.2, 0) is 65.4 Å². The van der Waals surface area contributed by atoms with Crippen LogP contribution in [0.1, 0.15) is 362 Å². The average molecular weight is 1400 g/mol. The van der Waals surface area contributed by atoms with Crippen LogP contribution < -0.4 is 0 Å². The molecule has 0 saturated carbocycles. The van der Waals surface area contributed by atoms with Crippen molar-refractivity contribution >= 4 is 39.5 Å². The van der Waals surface area contributed by atoms with Gasteiger partial charge >= 0.3 is 39.5 Å². The Morgan fingerprint density at radius 1 is 0.292 bits per heavy atom. The van der Waals surface area contributed by atoms with Crippen molar-refractivity contribution in [3.8, 4) is 0 Å². The second-order valence-electron chi connectivity index (χ2n) is 26.3. The summed E-state index contributed by atoms with van der Waals surface area (Å²) in [6, 6.07) is 0. The molecular weight excluding hydrogens is 1260 g/mol. The van der Waals surface area contributed by atoms with Gasteiger partial charge in [0.25, 0.3) is 0 Å². The highest BCUT2D eigenvalue weighted by Crippen LogP contribution is 2.45. The minimum Gasteiger partial charge on any atom is -0.462 e. The molecule has 17 nitrogen and oxygen atoms in total. The minimum absolute atomic E-state index is 0.0805. The van der Waals surface area contributed by atoms with Gasteiger partial charge in [0.2, 0.25) is 0 Å². The number of carbonyl (C=O) groups is 4. The smallest absolute Gasteiger partial charge is 0.462 e. The van der Waals surface area contributed by atoms with E-state index in [1.54, 1.807) is 0 Å². The number of aliphatic hydroxyl groups is 1. The number of phosphoric acid groups is 2. The van der Waals surface area contributed by atoms with Crippen LogP contribution in [0.3, 0.4) is 0 Å². The van der Waals surface area contributed by atoms with E-state index < -0.39 is 97.5 Å². The zero-order valence-corrected chi connectivity index (χ0v) is 63.1. The molecule has 0 fully saturated rings. The molecule has 5 atom stereocenters. The van der Waals surface area contributed by atoms with Gasteiger partial charge in [0.15, 0.2) is 12.2 Å². The van der Waals surface area contributed by atoms with Gasteiger partial charge in [0.1, 0.15) is 19.3 Å². The van der Waals surface area contributed by atoms with E-state index in [1.165, 1.54) is 141 Å². The Morgan fingerprint density at radius 2 is 0.510 bits per heavy atom. The number of aliphatic hydroxyl groups excluding tert-OH is 1. The minimum atomic E-state index is -4.97. The maximum atomic E-state index is 13.1. The Balaban J connectivity index is 5.33. The lowest BCUT2D eigenvalue weighted by atomic mass is 10.0. The van der Waals surface area contributed by atoms with Gasteiger partial charge in [-0.25, -0.2) is 9.13 Å². The number of ether oxygens (including phenoxy) is 4.